The minimum Gasteiger partial charge on any atom is -0.357 e. The van der Waals surface area contributed by atoms with Gasteiger partial charge in [0, 0.05) is 25.7 Å². The van der Waals surface area contributed by atoms with Crippen molar-refractivity contribution >= 4 is 11.9 Å². The first-order chi connectivity index (χ1) is 15.1. The fourth-order valence-corrected chi connectivity index (χ4v) is 3.22. The summed E-state index contributed by atoms with van der Waals surface area (Å²) < 4.78 is 0. The summed E-state index contributed by atoms with van der Waals surface area (Å²) in [5.41, 5.74) is 3.73. The first-order valence-electron chi connectivity index (χ1n) is 10.6. The second kappa shape index (κ2) is 11.0. The molecule has 3 aromatic rings. The summed E-state index contributed by atoms with van der Waals surface area (Å²) in [4.78, 5) is 26.8. The molecule has 0 saturated heterocycles. The topological polar surface area (TPSA) is 85.4 Å². The number of hydrogen-bond acceptors (Lipinski definition) is 3. The number of aromatic amines is 1. The van der Waals surface area contributed by atoms with E-state index in [-0.39, 0.29) is 5.91 Å². The van der Waals surface area contributed by atoms with Gasteiger partial charge in [0.15, 0.2) is 5.96 Å². The van der Waals surface area contributed by atoms with E-state index in [4.69, 9.17) is 4.99 Å². The zero-order valence-corrected chi connectivity index (χ0v) is 18.4. The van der Waals surface area contributed by atoms with Crippen LogP contribution in [0, 0.1) is 0 Å². The number of hydrogen-bond donors (Lipinski definition) is 3. The largest absolute Gasteiger partial charge is 0.357 e. The summed E-state index contributed by atoms with van der Waals surface area (Å²) in [6.45, 7) is 6.39. The lowest BCUT2D eigenvalue weighted by atomic mass is 10.1. The van der Waals surface area contributed by atoms with Crippen LogP contribution in [-0.4, -0.2) is 46.9 Å². The molecule has 1 amide bonds. The van der Waals surface area contributed by atoms with E-state index in [1.165, 1.54) is 0 Å². The monoisotopic (exact) mass is 418 g/mol. The number of nitrogens with one attached hydrogen (secondary N) is 3. The number of amides is 1. The predicted molar refractivity (Wildman–Crippen MR) is 125 cm³/mol. The molecule has 0 aliphatic heterocycles. The van der Waals surface area contributed by atoms with Crippen molar-refractivity contribution in [3.63, 3.8) is 0 Å². The molecule has 7 heteroatoms. The maximum atomic E-state index is 12.1. The molecular formula is C24H30N6O. The molecule has 2 aromatic carbocycles. The molecule has 1 heterocycles. The van der Waals surface area contributed by atoms with Crippen molar-refractivity contribution in [1.82, 2.24) is 25.5 Å². The standard InChI is InChI=1S/C24H30N6O/c1-4-25-23(31)20-13-9-10-18(14-20)15-28-24(26-5-2)30(3)17-22-27-16-21(29-22)19-11-7-6-8-12-19/h6-14,16H,4-5,15,17H2,1-3H3,(H,25,31)(H,26,28)(H,27,29). The van der Waals surface area contributed by atoms with E-state index < -0.39 is 0 Å². The van der Waals surface area contributed by atoms with Crippen LogP contribution in [0.1, 0.15) is 35.6 Å². The van der Waals surface area contributed by atoms with E-state index in [1.807, 2.05) is 74.5 Å². The Morgan fingerprint density at radius 2 is 1.84 bits per heavy atom. The molecule has 0 spiro atoms. The van der Waals surface area contributed by atoms with Crippen LogP contribution < -0.4 is 10.6 Å². The van der Waals surface area contributed by atoms with Gasteiger partial charge in [0.05, 0.1) is 25.0 Å². The lowest BCUT2D eigenvalue weighted by molar-refractivity contribution is 0.0955. The Bertz CT molecular complexity index is 1010. The molecule has 0 aliphatic rings. The highest BCUT2D eigenvalue weighted by Gasteiger charge is 2.10. The number of imidazole rings is 1. The smallest absolute Gasteiger partial charge is 0.251 e. The number of nitrogens with zero attached hydrogens (tertiary/aromatic N) is 3. The summed E-state index contributed by atoms with van der Waals surface area (Å²) in [5.74, 6) is 1.58. The van der Waals surface area contributed by atoms with Crippen LogP contribution >= 0.6 is 0 Å². The third-order valence-electron chi connectivity index (χ3n) is 4.73. The van der Waals surface area contributed by atoms with Crippen LogP contribution in [-0.2, 0) is 13.1 Å². The van der Waals surface area contributed by atoms with Crippen LogP contribution in [0.25, 0.3) is 11.3 Å². The molecule has 0 fully saturated rings. The van der Waals surface area contributed by atoms with Crippen LogP contribution in [0.2, 0.25) is 0 Å². The van der Waals surface area contributed by atoms with Crippen LogP contribution in [0.15, 0.2) is 65.8 Å². The molecule has 3 N–H and O–H groups in total. The van der Waals surface area contributed by atoms with E-state index in [1.54, 1.807) is 0 Å². The van der Waals surface area contributed by atoms with Gasteiger partial charge < -0.3 is 20.5 Å². The lowest BCUT2D eigenvalue weighted by Crippen LogP contribution is -2.38. The highest BCUT2D eigenvalue weighted by molar-refractivity contribution is 5.94. The SMILES string of the molecule is CCNC(=O)c1cccc(CN=C(NCC)N(C)Cc2ncc(-c3ccccc3)[nH]2)c1. The lowest BCUT2D eigenvalue weighted by Gasteiger charge is -2.21. The van der Waals surface area contributed by atoms with Gasteiger partial charge in [0.2, 0.25) is 0 Å². The van der Waals surface area contributed by atoms with E-state index in [0.29, 0.717) is 25.2 Å². The van der Waals surface area contributed by atoms with Gasteiger partial charge in [-0.2, -0.15) is 0 Å². The van der Waals surface area contributed by atoms with E-state index >= 15 is 0 Å². The second-order valence-electron chi connectivity index (χ2n) is 7.20. The third-order valence-corrected chi connectivity index (χ3v) is 4.73. The van der Waals surface area contributed by atoms with E-state index in [9.17, 15) is 4.79 Å². The normalized spacial score (nSPS) is 11.3. The zero-order chi connectivity index (χ0) is 22.1. The maximum Gasteiger partial charge on any atom is 0.251 e. The van der Waals surface area contributed by atoms with Crippen molar-refractivity contribution in [3.8, 4) is 11.3 Å². The van der Waals surface area contributed by atoms with Gasteiger partial charge in [-0.25, -0.2) is 9.98 Å². The van der Waals surface area contributed by atoms with Gasteiger partial charge in [0.1, 0.15) is 5.82 Å². The predicted octanol–water partition coefficient (Wildman–Crippen LogP) is 3.42. The molecule has 31 heavy (non-hydrogen) atoms. The number of carbonyl (C=O) groups is 1. The van der Waals surface area contributed by atoms with Gasteiger partial charge in [-0.15, -0.1) is 0 Å². The first-order valence-corrected chi connectivity index (χ1v) is 10.6. The van der Waals surface area contributed by atoms with Crippen molar-refractivity contribution in [2.45, 2.75) is 26.9 Å². The Hall–Kier alpha value is -3.61. The van der Waals surface area contributed by atoms with Gasteiger partial charge in [-0.3, -0.25) is 4.79 Å². The Labute approximate surface area is 183 Å². The summed E-state index contributed by atoms with van der Waals surface area (Å²) in [6, 6.07) is 17.7. The number of H-pyrrole nitrogens is 1. The van der Waals surface area contributed by atoms with E-state index in [2.05, 4.69) is 32.7 Å². The van der Waals surface area contributed by atoms with Crippen LogP contribution in [0.5, 0.6) is 0 Å². The number of rotatable bonds is 8. The van der Waals surface area contributed by atoms with Gasteiger partial charge in [0.25, 0.3) is 5.91 Å². The Morgan fingerprint density at radius 3 is 2.58 bits per heavy atom. The van der Waals surface area contributed by atoms with Crippen molar-refractivity contribution in [1.29, 1.82) is 0 Å². The molecule has 0 aliphatic carbocycles. The minimum atomic E-state index is -0.0654. The van der Waals surface area contributed by atoms with E-state index in [0.717, 1.165) is 35.1 Å². The number of benzene rings is 2. The molecule has 3 rings (SSSR count). The van der Waals surface area contributed by atoms with Crippen molar-refractivity contribution in [2.24, 2.45) is 4.99 Å². The summed E-state index contributed by atoms with van der Waals surface area (Å²) >= 11 is 0. The molecule has 0 bridgehead atoms. The summed E-state index contributed by atoms with van der Waals surface area (Å²) in [5, 5.41) is 6.15. The maximum absolute atomic E-state index is 12.1. The minimum absolute atomic E-state index is 0.0654. The molecule has 0 saturated carbocycles. The third kappa shape index (κ3) is 6.18. The highest BCUT2D eigenvalue weighted by atomic mass is 16.1. The summed E-state index contributed by atoms with van der Waals surface area (Å²) in [7, 11) is 1.98. The first kappa shape index (κ1) is 22.1. The Kier molecular flexibility index (Phi) is 7.81. The zero-order valence-electron chi connectivity index (χ0n) is 18.4. The molecule has 0 unspecified atom stereocenters. The molecule has 1 aromatic heterocycles. The Morgan fingerprint density at radius 1 is 1.06 bits per heavy atom. The van der Waals surface area contributed by atoms with Crippen molar-refractivity contribution in [3.05, 3.63) is 77.7 Å². The van der Waals surface area contributed by atoms with Crippen molar-refractivity contribution < 1.29 is 4.79 Å². The number of guanidine groups is 1. The quantitative estimate of drug-likeness (QED) is 0.386. The van der Waals surface area contributed by atoms with Crippen molar-refractivity contribution in [2.75, 3.05) is 20.1 Å². The summed E-state index contributed by atoms with van der Waals surface area (Å²) in [6.07, 6.45) is 1.86. The average molecular weight is 419 g/mol. The molecule has 0 atom stereocenters. The molecule has 0 radical (unpaired) electrons. The average Bonchev–Trinajstić information content (AvgIpc) is 3.26. The molecule has 7 nitrogen and oxygen atoms in total. The van der Waals surface area contributed by atoms with Crippen LogP contribution in [0.4, 0.5) is 0 Å². The fourth-order valence-electron chi connectivity index (χ4n) is 3.22. The number of aliphatic imine (C=N–C) groups is 1. The fraction of sp³-hybridized carbons (Fsp3) is 0.292. The van der Waals surface area contributed by atoms with Gasteiger partial charge >= 0.3 is 0 Å². The molecular weight excluding hydrogens is 388 g/mol. The van der Waals surface area contributed by atoms with Crippen LogP contribution in [0.3, 0.4) is 0 Å². The number of carbonyl (C=O) groups excluding carboxylic acids is 1. The second-order valence-corrected chi connectivity index (χ2v) is 7.20. The van der Waals surface area contributed by atoms with Gasteiger partial charge in [-0.1, -0.05) is 42.5 Å². The van der Waals surface area contributed by atoms with Gasteiger partial charge in [-0.05, 0) is 37.1 Å². The molecule has 162 valence electrons. The highest BCUT2D eigenvalue weighted by Crippen LogP contribution is 2.16. The Balaban J connectivity index is 1.68. The number of aromatic nitrogens is 2.